The predicted molar refractivity (Wildman–Crippen MR) is 71.8 cm³/mol. The molecule has 1 aromatic heterocycles. The molecule has 106 valence electrons. The van der Waals surface area contributed by atoms with Crippen LogP contribution >= 0.6 is 11.6 Å². The van der Waals surface area contributed by atoms with E-state index in [2.05, 4.69) is 10.1 Å². The zero-order valence-corrected chi connectivity index (χ0v) is 11.1. The number of benzene rings is 2. The number of halogens is 3. The van der Waals surface area contributed by atoms with Crippen LogP contribution in [0.2, 0.25) is 5.02 Å². The van der Waals surface area contributed by atoms with E-state index in [1.54, 1.807) is 0 Å². The van der Waals surface area contributed by atoms with Gasteiger partial charge in [-0.2, -0.15) is 4.98 Å². The number of phenols is 1. The molecule has 0 amide bonds. The summed E-state index contributed by atoms with van der Waals surface area (Å²) in [6.07, 6.45) is 0. The topological polar surface area (TPSA) is 59.2 Å². The second-order valence-electron chi connectivity index (χ2n) is 4.19. The molecular weight excluding hydrogens is 302 g/mol. The fourth-order valence-electron chi connectivity index (χ4n) is 1.80. The molecule has 0 saturated carbocycles. The summed E-state index contributed by atoms with van der Waals surface area (Å²) in [6, 6.07) is 7.72. The standard InChI is InChI=1S/C14H7ClF2N2O2/c15-8-6-7(4-5-9(8)16)13-18-14(21-19-13)12-10(17)2-1-3-11(12)20/h1-6,20H. The van der Waals surface area contributed by atoms with Crippen LogP contribution in [0.1, 0.15) is 0 Å². The van der Waals surface area contributed by atoms with Crippen molar-refractivity contribution in [3.05, 3.63) is 53.1 Å². The summed E-state index contributed by atoms with van der Waals surface area (Å²) in [5, 5.41) is 13.2. The third kappa shape index (κ3) is 2.45. The number of aromatic hydroxyl groups is 1. The highest BCUT2D eigenvalue weighted by molar-refractivity contribution is 6.31. The van der Waals surface area contributed by atoms with Gasteiger partial charge in [-0.15, -0.1) is 0 Å². The molecule has 0 bridgehead atoms. The van der Waals surface area contributed by atoms with E-state index in [9.17, 15) is 13.9 Å². The Balaban J connectivity index is 2.06. The number of hydrogen-bond donors (Lipinski definition) is 1. The Hall–Kier alpha value is -2.47. The Morgan fingerprint density at radius 1 is 1.10 bits per heavy atom. The number of nitrogens with zero attached hydrogens (tertiary/aromatic N) is 2. The fraction of sp³-hybridized carbons (Fsp3) is 0. The van der Waals surface area contributed by atoms with Gasteiger partial charge in [-0.1, -0.05) is 22.8 Å². The molecule has 0 spiro atoms. The molecule has 7 heteroatoms. The summed E-state index contributed by atoms with van der Waals surface area (Å²) in [5.41, 5.74) is 0.219. The molecule has 0 aliphatic rings. The first-order valence-electron chi connectivity index (χ1n) is 5.83. The number of rotatable bonds is 2. The molecular formula is C14H7ClF2N2O2. The molecule has 0 unspecified atom stereocenters. The molecule has 1 heterocycles. The second-order valence-corrected chi connectivity index (χ2v) is 4.59. The van der Waals surface area contributed by atoms with E-state index >= 15 is 0 Å². The lowest BCUT2D eigenvalue weighted by molar-refractivity contribution is 0.421. The molecule has 3 aromatic rings. The molecule has 21 heavy (non-hydrogen) atoms. The van der Waals surface area contributed by atoms with Crippen LogP contribution in [0.25, 0.3) is 22.8 Å². The van der Waals surface area contributed by atoms with Gasteiger partial charge in [0.05, 0.1) is 5.02 Å². The van der Waals surface area contributed by atoms with Crippen LogP contribution in [0.4, 0.5) is 8.78 Å². The largest absolute Gasteiger partial charge is 0.507 e. The minimum absolute atomic E-state index is 0.0902. The van der Waals surface area contributed by atoms with Gasteiger partial charge in [0.15, 0.2) is 0 Å². The monoisotopic (exact) mass is 308 g/mol. The van der Waals surface area contributed by atoms with Crippen molar-refractivity contribution in [3.8, 4) is 28.6 Å². The lowest BCUT2D eigenvalue weighted by Gasteiger charge is -1.99. The van der Waals surface area contributed by atoms with Crippen LogP contribution in [0, 0.1) is 11.6 Å². The van der Waals surface area contributed by atoms with Gasteiger partial charge in [-0.3, -0.25) is 0 Å². The summed E-state index contributed by atoms with van der Waals surface area (Å²) >= 11 is 5.68. The molecule has 0 aliphatic carbocycles. The van der Waals surface area contributed by atoms with Crippen molar-refractivity contribution >= 4 is 11.6 Å². The molecule has 0 fully saturated rings. The van der Waals surface area contributed by atoms with Crippen LogP contribution < -0.4 is 0 Å². The average molecular weight is 309 g/mol. The van der Waals surface area contributed by atoms with Crippen molar-refractivity contribution in [1.29, 1.82) is 0 Å². The normalized spacial score (nSPS) is 10.8. The van der Waals surface area contributed by atoms with Gasteiger partial charge in [0.25, 0.3) is 5.89 Å². The molecule has 0 atom stereocenters. The van der Waals surface area contributed by atoms with Crippen LogP contribution in [0.3, 0.4) is 0 Å². The Morgan fingerprint density at radius 2 is 1.90 bits per heavy atom. The van der Waals surface area contributed by atoms with E-state index in [-0.39, 0.29) is 28.1 Å². The maximum atomic E-state index is 13.7. The summed E-state index contributed by atoms with van der Waals surface area (Å²) in [4.78, 5) is 3.98. The van der Waals surface area contributed by atoms with Gasteiger partial charge in [0.2, 0.25) is 5.82 Å². The summed E-state index contributed by atoms with van der Waals surface area (Å²) < 4.78 is 31.8. The van der Waals surface area contributed by atoms with Gasteiger partial charge >= 0.3 is 0 Å². The van der Waals surface area contributed by atoms with E-state index in [1.807, 2.05) is 0 Å². The van der Waals surface area contributed by atoms with E-state index in [4.69, 9.17) is 16.1 Å². The first-order valence-corrected chi connectivity index (χ1v) is 6.21. The minimum Gasteiger partial charge on any atom is -0.507 e. The maximum absolute atomic E-state index is 13.7. The van der Waals surface area contributed by atoms with Gasteiger partial charge in [0.1, 0.15) is 22.9 Å². The molecule has 0 radical (unpaired) electrons. The van der Waals surface area contributed by atoms with Crippen molar-refractivity contribution in [3.63, 3.8) is 0 Å². The maximum Gasteiger partial charge on any atom is 0.265 e. The highest BCUT2D eigenvalue weighted by atomic mass is 35.5. The van der Waals surface area contributed by atoms with Crippen LogP contribution in [0.5, 0.6) is 5.75 Å². The fourth-order valence-corrected chi connectivity index (χ4v) is 1.98. The lowest BCUT2D eigenvalue weighted by atomic mass is 10.2. The van der Waals surface area contributed by atoms with Crippen LogP contribution in [0.15, 0.2) is 40.9 Å². The first kappa shape index (κ1) is 13.5. The summed E-state index contributed by atoms with van der Waals surface area (Å²) in [7, 11) is 0. The highest BCUT2D eigenvalue weighted by Crippen LogP contribution is 2.32. The number of aromatic nitrogens is 2. The molecule has 3 rings (SSSR count). The molecule has 1 N–H and O–H groups in total. The van der Waals surface area contributed by atoms with Crippen LogP contribution in [-0.2, 0) is 0 Å². The SMILES string of the molecule is Oc1cccc(F)c1-c1nc(-c2ccc(F)c(Cl)c2)no1. The van der Waals surface area contributed by atoms with Crippen molar-refractivity contribution in [2.75, 3.05) is 0 Å². The molecule has 4 nitrogen and oxygen atoms in total. The van der Waals surface area contributed by atoms with Gasteiger partial charge in [0, 0.05) is 5.56 Å². The van der Waals surface area contributed by atoms with Crippen molar-refractivity contribution < 1.29 is 18.4 Å². The molecule has 0 aliphatic heterocycles. The quantitative estimate of drug-likeness (QED) is 0.776. The van der Waals surface area contributed by atoms with Crippen molar-refractivity contribution in [2.45, 2.75) is 0 Å². The zero-order valence-electron chi connectivity index (χ0n) is 10.3. The Bertz CT molecular complexity index is 800. The van der Waals surface area contributed by atoms with E-state index in [0.29, 0.717) is 5.56 Å². The third-order valence-corrected chi connectivity index (χ3v) is 3.10. The Labute approximate surface area is 122 Å². The smallest absolute Gasteiger partial charge is 0.265 e. The predicted octanol–water partition coefficient (Wildman–Crippen LogP) is 4.04. The van der Waals surface area contributed by atoms with E-state index in [0.717, 1.165) is 12.1 Å². The third-order valence-electron chi connectivity index (χ3n) is 2.81. The average Bonchev–Trinajstić information content (AvgIpc) is 2.91. The van der Waals surface area contributed by atoms with Gasteiger partial charge in [-0.05, 0) is 30.3 Å². The molecule has 2 aromatic carbocycles. The molecule has 0 saturated heterocycles. The second kappa shape index (κ2) is 5.14. The van der Waals surface area contributed by atoms with E-state index in [1.165, 1.54) is 24.3 Å². The number of phenolic OH excluding ortho intramolecular Hbond substituents is 1. The van der Waals surface area contributed by atoms with Gasteiger partial charge < -0.3 is 9.63 Å². The lowest BCUT2D eigenvalue weighted by Crippen LogP contribution is -1.86. The number of hydrogen-bond acceptors (Lipinski definition) is 4. The van der Waals surface area contributed by atoms with Crippen molar-refractivity contribution in [2.24, 2.45) is 0 Å². The van der Waals surface area contributed by atoms with Crippen LogP contribution in [-0.4, -0.2) is 15.2 Å². The summed E-state index contributed by atoms with van der Waals surface area (Å²) in [5.74, 6) is -1.66. The first-order chi connectivity index (χ1) is 10.1. The Morgan fingerprint density at radius 3 is 2.62 bits per heavy atom. The van der Waals surface area contributed by atoms with Gasteiger partial charge in [-0.25, -0.2) is 8.78 Å². The van der Waals surface area contributed by atoms with E-state index < -0.39 is 11.6 Å². The summed E-state index contributed by atoms with van der Waals surface area (Å²) in [6.45, 7) is 0. The minimum atomic E-state index is -0.692. The highest BCUT2D eigenvalue weighted by Gasteiger charge is 2.18. The zero-order chi connectivity index (χ0) is 15.0. The van der Waals surface area contributed by atoms with Crippen molar-refractivity contribution in [1.82, 2.24) is 10.1 Å². The Kier molecular flexibility index (Phi) is 3.31.